The summed E-state index contributed by atoms with van der Waals surface area (Å²) in [6, 6.07) is 1.34. The van der Waals surface area contributed by atoms with E-state index < -0.39 is 11.7 Å². The number of benzene rings is 1. The number of rotatable bonds is 3. The van der Waals surface area contributed by atoms with Crippen molar-refractivity contribution in [2.45, 2.75) is 33.0 Å². The number of imidazole rings is 1. The smallest absolute Gasteiger partial charge is 0.418 e. The minimum absolute atomic E-state index is 0. The van der Waals surface area contributed by atoms with Gasteiger partial charge in [0.1, 0.15) is 6.54 Å². The van der Waals surface area contributed by atoms with Crippen LogP contribution in [0.25, 0.3) is 11.0 Å². The minimum atomic E-state index is -4.46. The molecule has 0 saturated heterocycles. The monoisotopic (exact) mass is 382 g/mol. The lowest BCUT2D eigenvalue weighted by Gasteiger charge is -2.13. The average Bonchev–Trinajstić information content (AvgIpc) is 2.63. The van der Waals surface area contributed by atoms with Crippen LogP contribution in [0.2, 0.25) is 5.02 Å². The van der Waals surface area contributed by atoms with Gasteiger partial charge in [-0.3, -0.25) is 0 Å². The summed E-state index contributed by atoms with van der Waals surface area (Å²) in [6.07, 6.45) is -2.56. The zero-order chi connectivity index (χ0) is 15.1. The third-order valence-corrected chi connectivity index (χ3v) is 3.59. The van der Waals surface area contributed by atoms with Gasteiger partial charge in [-0.15, -0.1) is 0 Å². The summed E-state index contributed by atoms with van der Waals surface area (Å²) in [4.78, 5) is 3.07. The highest BCUT2D eigenvalue weighted by atomic mass is 79.9. The first-order valence-electron chi connectivity index (χ1n) is 6.22. The third kappa shape index (κ3) is 3.11. The van der Waals surface area contributed by atoms with Crippen LogP contribution in [0.4, 0.5) is 13.2 Å². The summed E-state index contributed by atoms with van der Waals surface area (Å²) in [5.41, 5.74) is 0.623. The first-order valence-corrected chi connectivity index (χ1v) is 6.60. The van der Waals surface area contributed by atoms with E-state index in [-0.39, 0.29) is 34.0 Å². The van der Waals surface area contributed by atoms with Crippen molar-refractivity contribution in [3.8, 4) is 0 Å². The number of alkyl halides is 3. The van der Waals surface area contributed by atoms with Gasteiger partial charge in [0.05, 0.1) is 10.6 Å². The van der Waals surface area contributed by atoms with Crippen LogP contribution in [0.1, 0.15) is 23.9 Å². The predicted octanol–water partition coefficient (Wildman–Crippen LogP) is 1.19. The maximum Gasteiger partial charge on any atom is 0.418 e. The molecule has 0 saturated carbocycles. The van der Waals surface area contributed by atoms with Crippen LogP contribution in [0, 0.1) is 6.92 Å². The summed E-state index contributed by atoms with van der Waals surface area (Å²) in [5, 5.41) is -0.270. The summed E-state index contributed by atoms with van der Waals surface area (Å²) < 4.78 is 41.5. The number of aryl methyl sites for hydroxylation is 2. The van der Waals surface area contributed by atoms with Gasteiger partial charge in [-0.1, -0.05) is 31.2 Å². The largest absolute Gasteiger partial charge is 1.00 e. The fourth-order valence-corrected chi connectivity index (χ4v) is 2.86. The van der Waals surface area contributed by atoms with E-state index in [0.29, 0.717) is 17.6 Å². The number of aromatic nitrogens is 2. The van der Waals surface area contributed by atoms with E-state index in [1.807, 2.05) is 6.92 Å². The molecular weight excluding hydrogens is 369 g/mol. The van der Waals surface area contributed by atoms with Crippen LogP contribution in [-0.4, -0.2) is 4.98 Å². The van der Waals surface area contributed by atoms with E-state index in [1.54, 1.807) is 17.6 Å². The molecule has 0 radical (unpaired) electrons. The van der Waals surface area contributed by atoms with Crippen LogP contribution in [0.15, 0.2) is 18.7 Å². The minimum Gasteiger partial charge on any atom is -1.00 e. The molecule has 21 heavy (non-hydrogen) atoms. The van der Waals surface area contributed by atoms with E-state index in [0.717, 1.165) is 5.82 Å². The Bertz CT molecular complexity index is 677. The van der Waals surface area contributed by atoms with Crippen LogP contribution >= 0.6 is 11.6 Å². The number of nitrogens with one attached hydrogen (secondary N) is 1. The van der Waals surface area contributed by atoms with Gasteiger partial charge in [0.2, 0.25) is 0 Å². The van der Waals surface area contributed by atoms with Crippen molar-refractivity contribution in [3.63, 3.8) is 0 Å². The second-order valence-corrected chi connectivity index (χ2v) is 4.98. The molecule has 0 fully saturated rings. The fraction of sp³-hybridized carbons (Fsp3) is 0.357. The van der Waals surface area contributed by atoms with Crippen molar-refractivity contribution in [2.24, 2.45) is 0 Å². The Hall–Kier alpha value is -1.01. The zero-order valence-corrected chi connectivity index (χ0v) is 14.0. The molecule has 0 atom stereocenters. The molecule has 0 aliphatic carbocycles. The van der Waals surface area contributed by atoms with Crippen LogP contribution in [-0.2, 0) is 19.1 Å². The number of halogens is 5. The summed E-state index contributed by atoms with van der Waals surface area (Å²) in [5.74, 6) is 0.769. The SMILES string of the molecule is C=CC[n+]1c(C)[nH]c2cc(Cl)c(C(F)(F)F)c(CC)c21.[Br-]. The van der Waals surface area contributed by atoms with Crippen LogP contribution < -0.4 is 21.5 Å². The molecule has 0 aliphatic rings. The van der Waals surface area contributed by atoms with Gasteiger partial charge >= 0.3 is 6.18 Å². The molecule has 2 nitrogen and oxygen atoms in total. The quantitative estimate of drug-likeness (QED) is 0.607. The molecule has 1 N–H and O–H groups in total. The lowest BCUT2D eigenvalue weighted by molar-refractivity contribution is -0.667. The lowest BCUT2D eigenvalue weighted by Crippen LogP contribution is -3.00. The number of fused-ring (bicyclic) bond motifs is 1. The standard InChI is InChI=1S/C14H14ClF3N2.BrH/c1-4-6-20-8(3)19-11-7-10(15)12(14(16,17)18)9(5-2)13(11)20;/h4,7H,1,5-6H2,2-3H3;1H. The molecule has 116 valence electrons. The Labute approximate surface area is 136 Å². The maximum absolute atomic E-state index is 13.2. The number of H-pyrrole nitrogens is 1. The summed E-state index contributed by atoms with van der Waals surface area (Å²) >= 11 is 5.84. The second kappa shape index (κ2) is 6.40. The third-order valence-electron chi connectivity index (χ3n) is 3.29. The molecule has 7 heteroatoms. The summed E-state index contributed by atoms with van der Waals surface area (Å²) in [6.45, 7) is 7.59. The number of nitrogens with zero attached hydrogens (tertiary/aromatic N) is 1. The van der Waals surface area contributed by atoms with Crippen molar-refractivity contribution < 1.29 is 34.7 Å². The number of allylic oxidation sites excluding steroid dienone is 1. The Kier molecular flexibility index (Phi) is 5.50. The van der Waals surface area contributed by atoms with Gasteiger partial charge in [-0.2, -0.15) is 13.2 Å². The van der Waals surface area contributed by atoms with E-state index in [1.165, 1.54) is 6.07 Å². The Morgan fingerprint density at radius 2 is 2.05 bits per heavy atom. The number of hydrogen-bond acceptors (Lipinski definition) is 0. The fourth-order valence-electron chi connectivity index (χ4n) is 2.53. The number of aromatic amines is 1. The van der Waals surface area contributed by atoms with E-state index >= 15 is 0 Å². The highest BCUT2D eigenvalue weighted by molar-refractivity contribution is 6.32. The highest BCUT2D eigenvalue weighted by Gasteiger charge is 2.38. The predicted molar refractivity (Wildman–Crippen MR) is 72.8 cm³/mol. The van der Waals surface area contributed by atoms with Gasteiger partial charge in [-0.05, 0) is 6.42 Å². The zero-order valence-electron chi connectivity index (χ0n) is 11.6. The van der Waals surface area contributed by atoms with E-state index in [9.17, 15) is 13.2 Å². The van der Waals surface area contributed by atoms with Gasteiger partial charge in [0, 0.05) is 18.6 Å². The topological polar surface area (TPSA) is 19.7 Å². The van der Waals surface area contributed by atoms with Gasteiger partial charge < -0.3 is 17.0 Å². The molecule has 0 amide bonds. The average molecular weight is 384 g/mol. The Morgan fingerprint density at radius 1 is 1.43 bits per heavy atom. The molecular formula is C14H15BrClF3N2. The molecule has 1 heterocycles. The first-order chi connectivity index (χ1) is 9.31. The molecule has 1 aromatic carbocycles. The first kappa shape index (κ1) is 18.0. The van der Waals surface area contributed by atoms with Crippen molar-refractivity contribution in [3.05, 3.63) is 40.7 Å². The number of hydrogen-bond donors (Lipinski definition) is 1. The van der Waals surface area contributed by atoms with E-state index in [2.05, 4.69) is 11.6 Å². The van der Waals surface area contributed by atoms with Crippen molar-refractivity contribution in [2.75, 3.05) is 0 Å². The molecule has 0 spiro atoms. The lowest BCUT2D eigenvalue weighted by atomic mass is 10.0. The van der Waals surface area contributed by atoms with Crippen molar-refractivity contribution >= 4 is 22.6 Å². The molecule has 0 aliphatic heterocycles. The Morgan fingerprint density at radius 3 is 2.52 bits per heavy atom. The highest BCUT2D eigenvalue weighted by Crippen LogP contribution is 2.40. The Balaban J connectivity index is 0.00000220. The second-order valence-electron chi connectivity index (χ2n) is 4.57. The van der Waals surface area contributed by atoms with Gasteiger partial charge in [0.15, 0.2) is 11.0 Å². The molecule has 2 aromatic rings. The van der Waals surface area contributed by atoms with Crippen LogP contribution in [0.5, 0.6) is 0 Å². The maximum atomic E-state index is 13.2. The van der Waals surface area contributed by atoms with Gasteiger partial charge in [0.25, 0.3) is 5.82 Å². The normalized spacial score (nSPS) is 11.5. The van der Waals surface area contributed by atoms with Crippen molar-refractivity contribution in [1.82, 2.24) is 4.98 Å². The van der Waals surface area contributed by atoms with Crippen molar-refractivity contribution in [1.29, 1.82) is 0 Å². The summed E-state index contributed by atoms with van der Waals surface area (Å²) in [7, 11) is 0. The van der Waals surface area contributed by atoms with Crippen LogP contribution in [0.3, 0.4) is 0 Å². The molecule has 1 aromatic heterocycles. The molecule has 0 unspecified atom stereocenters. The van der Waals surface area contributed by atoms with Gasteiger partial charge in [-0.25, -0.2) is 9.55 Å². The molecule has 0 bridgehead atoms. The van der Waals surface area contributed by atoms with E-state index in [4.69, 9.17) is 11.6 Å². The molecule has 2 rings (SSSR count).